The molecular weight excluding hydrogens is 655 g/mol. The number of piperazine rings is 1. The first kappa shape index (κ1) is 34.8. The number of aromatic nitrogens is 5. The lowest BCUT2D eigenvalue weighted by atomic mass is 9.90. The Labute approximate surface area is 285 Å². The minimum Gasteiger partial charge on any atom is -0.380 e. The van der Waals surface area contributed by atoms with Gasteiger partial charge >= 0.3 is 6.18 Å². The SMILES string of the molecule is CCc1cc(CNC(=O)c2ncc(-c3c(C(F)(F)F)n[nH]c3Cc3cccnc3)[nH]2)ccc1C(=O)N1CCN(C(=O)C2(O)CCNCC2)CC1. The van der Waals surface area contributed by atoms with E-state index in [1.54, 1.807) is 46.5 Å². The number of amides is 3. The summed E-state index contributed by atoms with van der Waals surface area (Å²) in [4.78, 5) is 53.6. The molecule has 3 amide bonds. The summed E-state index contributed by atoms with van der Waals surface area (Å²) in [6.07, 6.45) is 0.908. The maximum absolute atomic E-state index is 13.9. The second kappa shape index (κ2) is 14.4. The summed E-state index contributed by atoms with van der Waals surface area (Å²) in [5.74, 6) is -1.24. The summed E-state index contributed by atoms with van der Waals surface area (Å²) >= 11 is 0. The summed E-state index contributed by atoms with van der Waals surface area (Å²) in [6.45, 7) is 4.53. The summed E-state index contributed by atoms with van der Waals surface area (Å²) in [6, 6.07) is 8.69. The lowest BCUT2D eigenvalue weighted by Gasteiger charge is -2.40. The highest BCUT2D eigenvalue weighted by Crippen LogP contribution is 2.37. The zero-order valence-corrected chi connectivity index (χ0v) is 27.4. The average Bonchev–Trinajstić information content (AvgIpc) is 3.78. The van der Waals surface area contributed by atoms with Crippen molar-refractivity contribution >= 4 is 17.7 Å². The zero-order valence-electron chi connectivity index (χ0n) is 27.4. The largest absolute Gasteiger partial charge is 0.435 e. The van der Waals surface area contributed by atoms with Crippen LogP contribution in [0.2, 0.25) is 0 Å². The molecule has 2 saturated heterocycles. The zero-order chi connectivity index (χ0) is 35.5. The van der Waals surface area contributed by atoms with Crippen LogP contribution < -0.4 is 10.6 Å². The number of nitrogens with one attached hydrogen (secondary N) is 4. The number of aliphatic hydroxyl groups is 1. The molecular formula is C34H38F3N9O4. The van der Waals surface area contributed by atoms with Crippen molar-refractivity contribution in [1.82, 2.24) is 45.6 Å². The number of nitrogens with zero attached hydrogens (tertiary/aromatic N) is 5. The number of hydrogen-bond acceptors (Lipinski definition) is 8. The van der Waals surface area contributed by atoms with E-state index < -0.39 is 23.4 Å². The van der Waals surface area contributed by atoms with Crippen molar-refractivity contribution in [3.8, 4) is 11.3 Å². The maximum Gasteiger partial charge on any atom is 0.435 e. The molecule has 0 radical (unpaired) electrons. The van der Waals surface area contributed by atoms with Crippen LogP contribution in [0.15, 0.2) is 48.9 Å². The third-order valence-electron chi connectivity index (χ3n) is 9.19. The van der Waals surface area contributed by atoms with Crippen molar-refractivity contribution < 1.29 is 32.7 Å². The van der Waals surface area contributed by atoms with Crippen molar-refractivity contribution in [2.24, 2.45) is 0 Å². The first-order valence-electron chi connectivity index (χ1n) is 16.5. The van der Waals surface area contributed by atoms with Gasteiger partial charge in [0.05, 0.1) is 17.5 Å². The van der Waals surface area contributed by atoms with Crippen LogP contribution in [-0.4, -0.2) is 103 Å². The van der Waals surface area contributed by atoms with Gasteiger partial charge < -0.3 is 30.5 Å². The van der Waals surface area contributed by atoms with E-state index in [4.69, 9.17) is 0 Å². The lowest BCUT2D eigenvalue weighted by molar-refractivity contribution is -0.155. The van der Waals surface area contributed by atoms with Crippen molar-refractivity contribution in [2.75, 3.05) is 39.3 Å². The Morgan fingerprint density at radius 2 is 1.76 bits per heavy atom. The number of carbonyl (C=O) groups is 3. The fraction of sp³-hybridized carbons (Fsp3) is 0.412. The molecule has 16 heteroatoms. The average molecular weight is 694 g/mol. The second-order valence-corrected chi connectivity index (χ2v) is 12.5. The van der Waals surface area contributed by atoms with Crippen LogP contribution in [0.25, 0.3) is 11.3 Å². The van der Waals surface area contributed by atoms with Gasteiger partial charge in [-0.05, 0) is 61.2 Å². The Bertz CT molecular complexity index is 1840. The van der Waals surface area contributed by atoms with E-state index in [0.717, 1.165) is 11.1 Å². The number of hydrogen-bond donors (Lipinski definition) is 5. The number of imidazole rings is 1. The van der Waals surface area contributed by atoms with E-state index in [1.807, 2.05) is 13.0 Å². The van der Waals surface area contributed by atoms with Gasteiger partial charge in [0.25, 0.3) is 17.7 Å². The number of pyridine rings is 1. The molecule has 264 valence electrons. The molecule has 2 fully saturated rings. The molecule has 2 aliphatic heterocycles. The lowest BCUT2D eigenvalue weighted by Crippen LogP contribution is -2.59. The molecule has 0 spiro atoms. The molecule has 3 aromatic heterocycles. The van der Waals surface area contributed by atoms with E-state index in [0.29, 0.717) is 69.7 Å². The van der Waals surface area contributed by atoms with Gasteiger partial charge in [-0.25, -0.2) is 4.98 Å². The van der Waals surface area contributed by atoms with Gasteiger partial charge in [0.15, 0.2) is 11.5 Å². The maximum atomic E-state index is 13.9. The van der Waals surface area contributed by atoms with Gasteiger partial charge in [-0.15, -0.1) is 0 Å². The van der Waals surface area contributed by atoms with Gasteiger partial charge in [-0.1, -0.05) is 25.1 Å². The minimum atomic E-state index is -4.75. The molecule has 5 N–H and O–H groups in total. The number of alkyl halides is 3. The molecule has 0 unspecified atom stereocenters. The Balaban J connectivity index is 1.09. The van der Waals surface area contributed by atoms with Gasteiger partial charge in [-0.3, -0.25) is 24.5 Å². The summed E-state index contributed by atoms with van der Waals surface area (Å²) in [7, 11) is 0. The van der Waals surface area contributed by atoms with Crippen molar-refractivity contribution in [2.45, 2.75) is 50.9 Å². The molecule has 1 aromatic carbocycles. The predicted octanol–water partition coefficient (Wildman–Crippen LogP) is 2.70. The third-order valence-corrected chi connectivity index (χ3v) is 9.19. The third kappa shape index (κ3) is 7.40. The molecule has 0 atom stereocenters. The highest BCUT2D eigenvalue weighted by molar-refractivity contribution is 5.96. The second-order valence-electron chi connectivity index (χ2n) is 12.5. The van der Waals surface area contributed by atoms with Crippen LogP contribution in [0, 0.1) is 0 Å². The summed E-state index contributed by atoms with van der Waals surface area (Å²) in [5.41, 5.74) is 0.156. The van der Waals surface area contributed by atoms with Crippen LogP contribution in [0.4, 0.5) is 13.2 Å². The normalized spacial score (nSPS) is 16.3. The first-order valence-corrected chi connectivity index (χ1v) is 16.5. The predicted molar refractivity (Wildman–Crippen MR) is 175 cm³/mol. The van der Waals surface area contributed by atoms with Gasteiger partial charge in [-0.2, -0.15) is 18.3 Å². The van der Waals surface area contributed by atoms with E-state index in [2.05, 4.69) is 35.8 Å². The monoisotopic (exact) mass is 693 g/mol. The van der Waals surface area contributed by atoms with Crippen LogP contribution in [0.5, 0.6) is 0 Å². The Morgan fingerprint density at radius 3 is 2.44 bits per heavy atom. The number of rotatable bonds is 9. The Hall–Kier alpha value is -5.09. The number of carbonyl (C=O) groups excluding carboxylic acids is 3. The first-order chi connectivity index (χ1) is 24.0. The molecule has 0 saturated carbocycles. The van der Waals surface area contributed by atoms with E-state index >= 15 is 0 Å². The molecule has 50 heavy (non-hydrogen) atoms. The Morgan fingerprint density at radius 1 is 1.02 bits per heavy atom. The number of benzene rings is 1. The number of halogens is 3. The van der Waals surface area contributed by atoms with Crippen LogP contribution in [-0.2, 0) is 30.4 Å². The van der Waals surface area contributed by atoms with Gasteiger partial charge in [0.2, 0.25) is 0 Å². The smallest absolute Gasteiger partial charge is 0.380 e. The molecule has 0 aliphatic carbocycles. The van der Waals surface area contributed by atoms with Crippen molar-refractivity contribution in [3.63, 3.8) is 0 Å². The van der Waals surface area contributed by atoms with E-state index in [-0.39, 0.29) is 47.6 Å². The molecule has 4 aromatic rings. The molecule has 5 heterocycles. The summed E-state index contributed by atoms with van der Waals surface area (Å²) in [5, 5.41) is 22.7. The molecule has 0 bridgehead atoms. The fourth-order valence-electron chi connectivity index (χ4n) is 6.43. The highest BCUT2D eigenvalue weighted by atomic mass is 19.4. The molecule has 13 nitrogen and oxygen atoms in total. The van der Waals surface area contributed by atoms with Gasteiger partial charge in [0.1, 0.15) is 5.60 Å². The van der Waals surface area contributed by atoms with Crippen molar-refractivity contribution in [1.29, 1.82) is 0 Å². The topological polar surface area (TPSA) is 172 Å². The van der Waals surface area contributed by atoms with E-state index in [9.17, 15) is 32.7 Å². The number of H-pyrrole nitrogens is 2. The van der Waals surface area contributed by atoms with Crippen molar-refractivity contribution in [3.05, 3.63) is 88.4 Å². The van der Waals surface area contributed by atoms with E-state index in [1.165, 1.54) is 6.20 Å². The fourth-order valence-corrected chi connectivity index (χ4v) is 6.43. The minimum absolute atomic E-state index is 0.0152. The van der Waals surface area contributed by atoms with Crippen LogP contribution in [0.3, 0.4) is 0 Å². The molecule has 2 aliphatic rings. The standard InChI is InChI=1S/C34H38F3N9O4/c1-2-23-16-22(5-6-24(23)31(48)45-12-14-46(15-13-45)32(49)33(50)7-10-38-11-8-33)19-41-30(47)29-40-20-26(42-29)27-25(17-21-4-3-9-39-18-21)43-44-28(27)34(35,36)37/h3-6,9,16,18,20,38,50H,2,7-8,10-15,17,19H2,1H3,(H,40,42)(H,41,47)(H,43,44). The van der Waals surface area contributed by atoms with Crippen LogP contribution in [0.1, 0.15) is 68.8 Å². The highest BCUT2D eigenvalue weighted by Gasteiger charge is 2.41. The van der Waals surface area contributed by atoms with Crippen LogP contribution >= 0.6 is 0 Å². The number of piperidine rings is 1. The molecule has 6 rings (SSSR count). The Kier molecular flexibility index (Phi) is 10.0. The summed E-state index contributed by atoms with van der Waals surface area (Å²) < 4.78 is 41.6. The van der Waals surface area contributed by atoms with Gasteiger partial charge in [0, 0.05) is 62.8 Å². The number of aryl methyl sites for hydroxylation is 1. The quantitative estimate of drug-likeness (QED) is 0.178. The number of aromatic amines is 2.